The minimum Gasteiger partial charge on any atom is -0.508 e. The fourth-order valence-corrected chi connectivity index (χ4v) is 3.55. The number of hydrogen-bond donors (Lipinski definition) is 2. The number of aryl methyl sites for hydroxylation is 1. The number of aromatic hydroxyl groups is 1. The normalized spacial score (nSPS) is 17.0. The fraction of sp³-hybridized carbons (Fsp3) is 0.273. The molecular formula is C22H21ClN2O4. The summed E-state index contributed by atoms with van der Waals surface area (Å²) in [4.78, 5) is 17.4. The molecule has 1 unspecified atom stereocenters. The van der Waals surface area contributed by atoms with Gasteiger partial charge in [0.25, 0.3) is 5.91 Å². The van der Waals surface area contributed by atoms with Crippen molar-refractivity contribution in [3.05, 3.63) is 64.2 Å². The van der Waals surface area contributed by atoms with Gasteiger partial charge in [-0.05, 0) is 55.7 Å². The van der Waals surface area contributed by atoms with Crippen LogP contribution in [0.3, 0.4) is 0 Å². The molecule has 1 aromatic heterocycles. The first-order valence-electron chi connectivity index (χ1n) is 9.47. The van der Waals surface area contributed by atoms with Crippen LogP contribution in [0.1, 0.15) is 28.8 Å². The van der Waals surface area contributed by atoms with E-state index in [1.807, 2.05) is 13.0 Å². The van der Waals surface area contributed by atoms with Crippen LogP contribution in [-0.2, 0) is 4.74 Å². The maximum atomic E-state index is 12.9. The summed E-state index contributed by atoms with van der Waals surface area (Å²) < 4.78 is 11.4. The third-order valence-corrected chi connectivity index (χ3v) is 5.12. The Balaban J connectivity index is 1.78. The summed E-state index contributed by atoms with van der Waals surface area (Å²) >= 11 is 6.31. The van der Waals surface area contributed by atoms with Crippen molar-refractivity contribution in [3.63, 3.8) is 0 Å². The Morgan fingerprint density at radius 2 is 2.14 bits per heavy atom. The van der Waals surface area contributed by atoms with E-state index >= 15 is 0 Å². The Kier molecular flexibility index (Phi) is 5.56. The average Bonchev–Trinajstić information content (AvgIpc) is 3.21. The number of hydrogen-bond acceptors (Lipinski definition) is 5. The predicted octanol–water partition coefficient (Wildman–Crippen LogP) is 4.24. The molecular weight excluding hydrogens is 392 g/mol. The maximum Gasteiger partial charge on any atom is 0.256 e. The summed E-state index contributed by atoms with van der Waals surface area (Å²) in [5.74, 6) is -0.239. The lowest BCUT2D eigenvalue weighted by Crippen LogP contribution is -2.34. The molecule has 1 saturated heterocycles. The highest BCUT2D eigenvalue weighted by Gasteiger charge is 2.19. The summed E-state index contributed by atoms with van der Waals surface area (Å²) in [5, 5.41) is 13.8. The molecule has 0 saturated carbocycles. The van der Waals surface area contributed by atoms with E-state index in [4.69, 9.17) is 20.8 Å². The number of fused-ring (bicyclic) bond motifs is 1. The average molecular weight is 413 g/mol. The molecule has 1 aliphatic heterocycles. The molecule has 150 valence electrons. The monoisotopic (exact) mass is 412 g/mol. The number of phenolic OH excluding ortho intramolecular Hbond substituents is 1. The quantitative estimate of drug-likeness (QED) is 0.671. The van der Waals surface area contributed by atoms with Crippen LogP contribution in [0.2, 0.25) is 5.02 Å². The zero-order valence-electron chi connectivity index (χ0n) is 15.9. The summed E-state index contributed by atoms with van der Waals surface area (Å²) in [6.07, 6.45) is 1.96. The molecule has 2 N–H and O–H groups in total. The van der Waals surface area contributed by atoms with Crippen molar-refractivity contribution >= 4 is 34.2 Å². The van der Waals surface area contributed by atoms with Gasteiger partial charge in [0.15, 0.2) is 0 Å². The first-order valence-corrected chi connectivity index (χ1v) is 9.85. The summed E-state index contributed by atoms with van der Waals surface area (Å²) in [5.41, 5.74) is 2.33. The van der Waals surface area contributed by atoms with Crippen molar-refractivity contribution in [2.45, 2.75) is 25.9 Å². The fourth-order valence-electron chi connectivity index (χ4n) is 3.27. The molecule has 1 atom stereocenters. The smallest absolute Gasteiger partial charge is 0.256 e. The number of ether oxygens (including phenoxy) is 1. The third kappa shape index (κ3) is 4.44. The number of phenols is 1. The van der Waals surface area contributed by atoms with Crippen LogP contribution in [0.4, 0.5) is 5.69 Å². The zero-order valence-corrected chi connectivity index (χ0v) is 16.7. The van der Waals surface area contributed by atoms with Gasteiger partial charge < -0.3 is 19.6 Å². The second kappa shape index (κ2) is 8.27. The lowest BCUT2D eigenvalue weighted by Gasteiger charge is -2.11. The first-order chi connectivity index (χ1) is 14.0. The van der Waals surface area contributed by atoms with Crippen molar-refractivity contribution in [2.24, 2.45) is 4.99 Å². The summed E-state index contributed by atoms with van der Waals surface area (Å²) in [7, 11) is 0. The van der Waals surface area contributed by atoms with Gasteiger partial charge in [0, 0.05) is 24.6 Å². The van der Waals surface area contributed by atoms with Crippen molar-refractivity contribution < 1.29 is 19.1 Å². The molecule has 7 heteroatoms. The molecule has 2 heterocycles. The van der Waals surface area contributed by atoms with Crippen LogP contribution in [0.15, 0.2) is 51.9 Å². The number of amides is 1. The van der Waals surface area contributed by atoms with E-state index in [2.05, 4.69) is 10.3 Å². The van der Waals surface area contributed by atoms with Crippen molar-refractivity contribution in [1.29, 1.82) is 0 Å². The molecule has 3 aromatic rings. The van der Waals surface area contributed by atoms with E-state index in [9.17, 15) is 9.90 Å². The molecule has 0 radical (unpaired) electrons. The van der Waals surface area contributed by atoms with Gasteiger partial charge >= 0.3 is 0 Å². The first kappa shape index (κ1) is 19.5. The Morgan fingerprint density at radius 3 is 2.90 bits per heavy atom. The highest BCUT2D eigenvalue weighted by atomic mass is 35.5. The molecule has 0 aliphatic carbocycles. The van der Waals surface area contributed by atoms with Crippen LogP contribution < -0.4 is 10.9 Å². The van der Waals surface area contributed by atoms with E-state index in [0.717, 1.165) is 25.0 Å². The molecule has 6 nitrogen and oxygen atoms in total. The molecule has 4 rings (SSSR count). The minimum atomic E-state index is -0.304. The van der Waals surface area contributed by atoms with Crippen LogP contribution in [-0.4, -0.2) is 30.3 Å². The lowest BCUT2D eigenvalue weighted by molar-refractivity contribution is 0.0854. The van der Waals surface area contributed by atoms with E-state index in [0.29, 0.717) is 28.2 Å². The van der Waals surface area contributed by atoms with Crippen LogP contribution in [0, 0.1) is 6.92 Å². The van der Waals surface area contributed by atoms with Gasteiger partial charge in [0.05, 0.1) is 16.8 Å². The van der Waals surface area contributed by atoms with Crippen LogP contribution in [0.25, 0.3) is 11.0 Å². The van der Waals surface area contributed by atoms with Gasteiger partial charge in [-0.25, -0.2) is 4.99 Å². The topological polar surface area (TPSA) is 84.1 Å². The van der Waals surface area contributed by atoms with E-state index in [-0.39, 0.29) is 28.9 Å². The van der Waals surface area contributed by atoms with E-state index < -0.39 is 0 Å². The Morgan fingerprint density at radius 1 is 1.28 bits per heavy atom. The second-order valence-corrected chi connectivity index (χ2v) is 7.51. The lowest BCUT2D eigenvalue weighted by atomic mass is 10.1. The van der Waals surface area contributed by atoms with Gasteiger partial charge in [-0.2, -0.15) is 0 Å². The minimum absolute atomic E-state index is 0.0280. The number of carbonyl (C=O) groups is 1. The molecule has 1 aliphatic rings. The third-order valence-electron chi connectivity index (χ3n) is 4.82. The summed E-state index contributed by atoms with van der Waals surface area (Å²) in [6, 6.07) is 11.9. The van der Waals surface area contributed by atoms with Crippen molar-refractivity contribution in [1.82, 2.24) is 5.32 Å². The SMILES string of the molecule is Cc1ccc(N=c2oc3cc(O)ccc3cc2C(=O)NCC2CCCO2)c(Cl)c1. The van der Waals surface area contributed by atoms with Gasteiger partial charge in [-0.1, -0.05) is 17.7 Å². The van der Waals surface area contributed by atoms with Gasteiger partial charge in [0.1, 0.15) is 16.9 Å². The number of benzene rings is 2. The van der Waals surface area contributed by atoms with E-state index in [1.54, 1.807) is 30.3 Å². The number of nitrogens with zero attached hydrogens (tertiary/aromatic N) is 1. The number of rotatable bonds is 4. The van der Waals surface area contributed by atoms with Gasteiger partial charge in [0.2, 0.25) is 5.55 Å². The molecule has 0 bridgehead atoms. The summed E-state index contributed by atoms with van der Waals surface area (Å²) in [6.45, 7) is 3.09. The Bertz CT molecular complexity index is 1130. The molecule has 1 fully saturated rings. The number of carbonyl (C=O) groups excluding carboxylic acids is 1. The highest BCUT2D eigenvalue weighted by molar-refractivity contribution is 6.33. The largest absolute Gasteiger partial charge is 0.508 e. The number of nitrogens with one attached hydrogen (secondary N) is 1. The van der Waals surface area contributed by atoms with Gasteiger partial charge in [-0.15, -0.1) is 0 Å². The van der Waals surface area contributed by atoms with Crippen molar-refractivity contribution in [2.75, 3.05) is 13.2 Å². The number of halogens is 1. The second-order valence-electron chi connectivity index (χ2n) is 7.10. The highest BCUT2D eigenvalue weighted by Crippen LogP contribution is 2.26. The molecule has 2 aromatic carbocycles. The Hall–Kier alpha value is -2.83. The maximum absolute atomic E-state index is 12.9. The predicted molar refractivity (Wildman–Crippen MR) is 111 cm³/mol. The molecule has 29 heavy (non-hydrogen) atoms. The zero-order chi connectivity index (χ0) is 20.4. The molecule has 0 spiro atoms. The van der Waals surface area contributed by atoms with Crippen LogP contribution >= 0.6 is 11.6 Å². The standard InChI is InChI=1S/C22H21ClN2O4/c1-13-4-7-19(18(23)9-13)25-22-17(21(27)24-12-16-3-2-8-28-16)10-14-5-6-15(26)11-20(14)29-22/h4-7,9-11,16,26H,2-3,8,12H2,1H3,(H,24,27). The van der Waals surface area contributed by atoms with E-state index in [1.165, 1.54) is 6.07 Å². The van der Waals surface area contributed by atoms with Gasteiger partial charge in [-0.3, -0.25) is 4.79 Å². The molecule has 1 amide bonds. The van der Waals surface area contributed by atoms with Crippen LogP contribution in [0.5, 0.6) is 5.75 Å². The Labute approximate surface area is 172 Å². The van der Waals surface area contributed by atoms with Crippen molar-refractivity contribution in [3.8, 4) is 5.75 Å².